The molecular weight excluding hydrogens is 272 g/mol. The van der Waals surface area contributed by atoms with E-state index in [1.807, 2.05) is 30.3 Å². The minimum Gasteiger partial charge on any atom is -0.476 e. The molecule has 0 atom stereocenters. The zero-order chi connectivity index (χ0) is 14.8. The fourth-order valence-electron chi connectivity index (χ4n) is 1.99. The predicted molar refractivity (Wildman–Crippen MR) is 72.8 cm³/mol. The van der Waals surface area contributed by atoms with Gasteiger partial charge < -0.3 is 9.63 Å². The molecule has 0 aliphatic heterocycles. The summed E-state index contributed by atoms with van der Waals surface area (Å²) in [5.41, 5.74) is 2.00. The van der Waals surface area contributed by atoms with Crippen LogP contribution in [0, 0.1) is 6.92 Å². The monoisotopic (exact) mass is 284 g/mol. The van der Waals surface area contributed by atoms with Gasteiger partial charge in [0.25, 0.3) is 0 Å². The van der Waals surface area contributed by atoms with E-state index >= 15 is 0 Å². The molecule has 3 rings (SSSR count). The lowest BCUT2D eigenvalue weighted by Gasteiger charge is -1.98. The first-order valence-corrected chi connectivity index (χ1v) is 6.29. The summed E-state index contributed by atoms with van der Waals surface area (Å²) in [6.07, 6.45) is 0. The third-order valence-corrected chi connectivity index (χ3v) is 3.11. The number of carboxylic acids is 1. The van der Waals surface area contributed by atoms with Crippen molar-refractivity contribution in [2.24, 2.45) is 0 Å². The SMILES string of the molecule is Cc1c(C(=O)O)nnn1Cc1cc(-c2ccccc2)on1. The summed E-state index contributed by atoms with van der Waals surface area (Å²) in [5.74, 6) is -0.439. The van der Waals surface area contributed by atoms with Gasteiger partial charge in [-0.25, -0.2) is 9.48 Å². The Hall–Kier alpha value is -2.96. The summed E-state index contributed by atoms with van der Waals surface area (Å²) in [4.78, 5) is 10.9. The smallest absolute Gasteiger partial charge is 0.358 e. The molecule has 0 aliphatic carbocycles. The third-order valence-electron chi connectivity index (χ3n) is 3.11. The molecule has 2 heterocycles. The number of hydrogen-bond acceptors (Lipinski definition) is 5. The highest BCUT2D eigenvalue weighted by Crippen LogP contribution is 2.20. The molecule has 0 fully saturated rings. The number of carbonyl (C=O) groups is 1. The molecule has 0 spiro atoms. The van der Waals surface area contributed by atoms with Crippen molar-refractivity contribution >= 4 is 5.97 Å². The van der Waals surface area contributed by atoms with E-state index in [-0.39, 0.29) is 5.69 Å². The molecule has 2 aromatic heterocycles. The lowest BCUT2D eigenvalue weighted by molar-refractivity contribution is 0.0689. The topological polar surface area (TPSA) is 94.0 Å². The van der Waals surface area contributed by atoms with Crippen LogP contribution in [0.4, 0.5) is 0 Å². The van der Waals surface area contributed by atoms with Crippen molar-refractivity contribution in [2.75, 3.05) is 0 Å². The van der Waals surface area contributed by atoms with Gasteiger partial charge in [-0.15, -0.1) is 5.10 Å². The van der Waals surface area contributed by atoms with Gasteiger partial charge in [-0.3, -0.25) is 0 Å². The number of rotatable bonds is 4. The van der Waals surface area contributed by atoms with Gasteiger partial charge in [0.1, 0.15) is 5.69 Å². The summed E-state index contributed by atoms with van der Waals surface area (Å²) < 4.78 is 6.77. The number of benzene rings is 1. The van der Waals surface area contributed by atoms with Crippen molar-refractivity contribution in [1.29, 1.82) is 0 Å². The van der Waals surface area contributed by atoms with Crippen LogP contribution in [0.1, 0.15) is 21.9 Å². The molecule has 0 saturated carbocycles. The van der Waals surface area contributed by atoms with E-state index in [0.29, 0.717) is 23.7 Å². The van der Waals surface area contributed by atoms with Gasteiger partial charge >= 0.3 is 5.97 Å². The Balaban J connectivity index is 1.84. The molecule has 21 heavy (non-hydrogen) atoms. The number of aromatic carboxylic acids is 1. The van der Waals surface area contributed by atoms with Gasteiger partial charge in [0.2, 0.25) is 0 Å². The first-order valence-electron chi connectivity index (χ1n) is 6.29. The van der Waals surface area contributed by atoms with Crippen molar-refractivity contribution in [3.63, 3.8) is 0 Å². The van der Waals surface area contributed by atoms with Crippen molar-refractivity contribution in [3.8, 4) is 11.3 Å². The second-order valence-electron chi connectivity index (χ2n) is 4.53. The Morgan fingerprint density at radius 3 is 2.76 bits per heavy atom. The van der Waals surface area contributed by atoms with Gasteiger partial charge in [-0.1, -0.05) is 40.7 Å². The normalized spacial score (nSPS) is 10.7. The first-order chi connectivity index (χ1) is 10.1. The predicted octanol–water partition coefficient (Wildman–Crippen LogP) is 1.99. The van der Waals surface area contributed by atoms with E-state index in [1.165, 1.54) is 4.68 Å². The highest BCUT2D eigenvalue weighted by atomic mass is 16.5. The first kappa shape index (κ1) is 13.0. The number of aromatic nitrogens is 4. The number of carboxylic acid groups (broad SMARTS) is 1. The Morgan fingerprint density at radius 1 is 1.33 bits per heavy atom. The van der Waals surface area contributed by atoms with Gasteiger partial charge in [0, 0.05) is 11.6 Å². The van der Waals surface area contributed by atoms with Gasteiger partial charge in [-0.05, 0) is 6.92 Å². The van der Waals surface area contributed by atoms with E-state index < -0.39 is 5.97 Å². The highest BCUT2D eigenvalue weighted by molar-refractivity contribution is 5.86. The molecule has 0 unspecified atom stereocenters. The third kappa shape index (κ3) is 2.53. The molecular formula is C14H12N4O3. The Labute approximate surface area is 119 Å². The Kier molecular flexibility index (Phi) is 3.23. The molecule has 7 heteroatoms. The van der Waals surface area contributed by atoms with Crippen LogP contribution in [-0.2, 0) is 6.54 Å². The van der Waals surface area contributed by atoms with Crippen molar-refractivity contribution in [1.82, 2.24) is 20.2 Å². The van der Waals surface area contributed by atoms with Crippen LogP contribution in [-0.4, -0.2) is 31.2 Å². The van der Waals surface area contributed by atoms with Crippen molar-refractivity contribution in [3.05, 3.63) is 53.5 Å². The summed E-state index contributed by atoms with van der Waals surface area (Å²) in [6, 6.07) is 11.4. The van der Waals surface area contributed by atoms with Crippen LogP contribution >= 0.6 is 0 Å². The molecule has 0 radical (unpaired) electrons. The summed E-state index contributed by atoms with van der Waals surface area (Å²) in [7, 11) is 0. The quantitative estimate of drug-likeness (QED) is 0.787. The van der Waals surface area contributed by atoms with Crippen LogP contribution in [0.2, 0.25) is 0 Å². The maximum atomic E-state index is 10.9. The fraction of sp³-hybridized carbons (Fsp3) is 0.143. The van der Waals surface area contributed by atoms with Crippen LogP contribution in [0.3, 0.4) is 0 Å². The van der Waals surface area contributed by atoms with Crippen LogP contribution in [0.15, 0.2) is 40.9 Å². The van der Waals surface area contributed by atoms with Crippen molar-refractivity contribution < 1.29 is 14.4 Å². The largest absolute Gasteiger partial charge is 0.476 e. The fourth-order valence-corrected chi connectivity index (χ4v) is 1.99. The zero-order valence-corrected chi connectivity index (χ0v) is 11.2. The second-order valence-corrected chi connectivity index (χ2v) is 4.53. The Morgan fingerprint density at radius 2 is 2.10 bits per heavy atom. The van der Waals surface area contributed by atoms with Gasteiger partial charge in [-0.2, -0.15) is 0 Å². The molecule has 0 aliphatic rings. The molecule has 7 nitrogen and oxygen atoms in total. The Bertz CT molecular complexity index is 777. The molecule has 0 amide bonds. The summed E-state index contributed by atoms with van der Waals surface area (Å²) in [5, 5.41) is 20.4. The summed E-state index contributed by atoms with van der Waals surface area (Å²) in [6.45, 7) is 1.96. The number of nitrogens with zero attached hydrogens (tertiary/aromatic N) is 4. The van der Waals surface area contributed by atoms with Crippen LogP contribution in [0.5, 0.6) is 0 Å². The lowest BCUT2D eigenvalue weighted by atomic mass is 10.2. The summed E-state index contributed by atoms with van der Waals surface area (Å²) >= 11 is 0. The molecule has 0 bridgehead atoms. The van der Waals surface area contributed by atoms with E-state index in [4.69, 9.17) is 9.63 Å². The van der Waals surface area contributed by atoms with E-state index in [1.54, 1.807) is 13.0 Å². The zero-order valence-electron chi connectivity index (χ0n) is 11.2. The van der Waals surface area contributed by atoms with Crippen molar-refractivity contribution in [2.45, 2.75) is 13.5 Å². The second kappa shape index (κ2) is 5.20. The number of hydrogen-bond donors (Lipinski definition) is 1. The molecule has 106 valence electrons. The molecule has 0 saturated heterocycles. The standard InChI is InChI=1S/C14H12N4O3/c1-9-13(14(19)20)15-17-18(9)8-11-7-12(21-16-11)10-5-3-2-4-6-10/h2-7H,8H2,1H3,(H,19,20). The minimum atomic E-state index is -1.09. The minimum absolute atomic E-state index is 0.0539. The van der Waals surface area contributed by atoms with Gasteiger partial charge in [0.05, 0.1) is 12.2 Å². The molecule has 1 N–H and O–H groups in total. The van der Waals surface area contributed by atoms with E-state index in [0.717, 1.165) is 5.56 Å². The van der Waals surface area contributed by atoms with Crippen LogP contribution in [0.25, 0.3) is 11.3 Å². The van der Waals surface area contributed by atoms with E-state index in [9.17, 15) is 4.79 Å². The molecule has 1 aromatic carbocycles. The highest BCUT2D eigenvalue weighted by Gasteiger charge is 2.16. The van der Waals surface area contributed by atoms with E-state index in [2.05, 4.69) is 15.5 Å². The van der Waals surface area contributed by atoms with Gasteiger partial charge in [0.15, 0.2) is 11.5 Å². The maximum Gasteiger partial charge on any atom is 0.358 e. The molecule has 3 aromatic rings. The average molecular weight is 284 g/mol. The average Bonchev–Trinajstić information content (AvgIpc) is 3.08. The van der Waals surface area contributed by atoms with Crippen LogP contribution < -0.4 is 0 Å². The lowest BCUT2D eigenvalue weighted by Crippen LogP contribution is -2.06. The maximum absolute atomic E-state index is 10.9.